The summed E-state index contributed by atoms with van der Waals surface area (Å²) in [6.45, 7) is 8.11. The summed E-state index contributed by atoms with van der Waals surface area (Å²) in [4.78, 5) is 2.39. The van der Waals surface area contributed by atoms with Gasteiger partial charge in [0.15, 0.2) is 0 Å². The Labute approximate surface area is 115 Å². The zero-order valence-electron chi connectivity index (χ0n) is 11.7. The van der Waals surface area contributed by atoms with Gasteiger partial charge in [0, 0.05) is 25.3 Å². The molecule has 0 bridgehead atoms. The minimum atomic E-state index is 0.790. The second-order valence-electron chi connectivity index (χ2n) is 4.62. The van der Waals surface area contributed by atoms with E-state index in [0.717, 1.165) is 31.9 Å². The molecule has 3 heteroatoms. The van der Waals surface area contributed by atoms with Crippen LogP contribution in [0.3, 0.4) is 0 Å². The molecular formula is C16H22N2O. The first-order chi connectivity index (χ1) is 9.31. The molecular weight excluding hydrogens is 236 g/mol. The highest BCUT2D eigenvalue weighted by molar-refractivity contribution is 5.52. The summed E-state index contributed by atoms with van der Waals surface area (Å²) in [5, 5.41) is 3.41. The predicted octanol–water partition coefficient (Wildman–Crippen LogP) is 3.20. The second kappa shape index (κ2) is 7.00. The van der Waals surface area contributed by atoms with E-state index in [9.17, 15) is 0 Å². The lowest BCUT2D eigenvalue weighted by molar-refractivity contribution is 0.484. The summed E-state index contributed by atoms with van der Waals surface area (Å²) < 4.78 is 5.29. The lowest BCUT2D eigenvalue weighted by Crippen LogP contribution is -2.32. The fourth-order valence-corrected chi connectivity index (χ4v) is 2.21. The largest absolute Gasteiger partial charge is 0.468 e. The van der Waals surface area contributed by atoms with Crippen LogP contribution in [0.2, 0.25) is 0 Å². The van der Waals surface area contributed by atoms with E-state index in [1.807, 2.05) is 12.1 Å². The molecule has 2 rings (SSSR count). The molecule has 102 valence electrons. The maximum atomic E-state index is 5.29. The first kappa shape index (κ1) is 13.7. The van der Waals surface area contributed by atoms with E-state index in [1.54, 1.807) is 6.26 Å². The van der Waals surface area contributed by atoms with Crippen molar-refractivity contribution in [1.82, 2.24) is 5.32 Å². The van der Waals surface area contributed by atoms with Crippen molar-refractivity contribution < 1.29 is 4.42 Å². The molecule has 0 unspecified atom stereocenters. The maximum Gasteiger partial charge on any atom is 0.117 e. The third-order valence-electron chi connectivity index (χ3n) is 3.28. The van der Waals surface area contributed by atoms with Crippen molar-refractivity contribution in [2.75, 3.05) is 24.5 Å². The predicted molar refractivity (Wildman–Crippen MR) is 79.5 cm³/mol. The van der Waals surface area contributed by atoms with Gasteiger partial charge < -0.3 is 14.6 Å². The number of nitrogens with one attached hydrogen (secondary N) is 1. The van der Waals surface area contributed by atoms with E-state index in [1.165, 1.54) is 11.3 Å². The molecule has 1 heterocycles. The molecule has 0 amide bonds. The topological polar surface area (TPSA) is 28.4 Å². The van der Waals surface area contributed by atoms with Crippen LogP contribution in [-0.4, -0.2) is 19.6 Å². The average molecular weight is 258 g/mol. The van der Waals surface area contributed by atoms with Gasteiger partial charge in [-0.3, -0.25) is 0 Å². The number of benzene rings is 1. The number of anilines is 1. The quantitative estimate of drug-likeness (QED) is 0.773. The van der Waals surface area contributed by atoms with Crippen LogP contribution in [-0.2, 0) is 6.54 Å². The molecule has 1 aromatic carbocycles. The molecule has 0 radical (unpaired) electrons. The lowest BCUT2D eigenvalue weighted by atomic mass is 10.2. The molecule has 0 aliphatic heterocycles. The van der Waals surface area contributed by atoms with E-state index in [-0.39, 0.29) is 0 Å². The molecule has 0 aliphatic carbocycles. The first-order valence-electron chi connectivity index (χ1n) is 6.85. The van der Waals surface area contributed by atoms with Gasteiger partial charge in [-0.1, -0.05) is 18.2 Å². The summed E-state index contributed by atoms with van der Waals surface area (Å²) in [6, 6.07) is 12.4. The highest BCUT2D eigenvalue weighted by Crippen LogP contribution is 2.18. The number of likely N-dealkylation sites (N-methyl/N-ethyl adjacent to an activating group) is 1. The average Bonchev–Trinajstić information content (AvgIpc) is 2.93. The summed E-state index contributed by atoms with van der Waals surface area (Å²) in [5.74, 6) is 0.985. The molecule has 0 aliphatic rings. The molecule has 0 saturated carbocycles. The van der Waals surface area contributed by atoms with Crippen LogP contribution in [0.5, 0.6) is 0 Å². The Bertz CT molecular complexity index is 479. The number of nitrogens with zero attached hydrogens (tertiary/aromatic N) is 1. The number of rotatable bonds is 7. The van der Waals surface area contributed by atoms with Crippen molar-refractivity contribution in [1.29, 1.82) is 0 Å². The number of hydrogen-bond acceptors (Lipinski definition) is 3. The smallest absolute Gasteiger partial charge is 0.117 e. The van der Waals surface area contributed by atoms with Crippen LogP contribution in [0.1, 0.15) is 18.2 Å². The van der Waals surface area contributed by atoms with Gasteiger partial charge in [-0.2, -0.15) is 0 Å². The number of furan rings is 1. The van der Waals surface area contributed by atoms with Crippen molar-refractivity contribution in [2.24, 2.45) is 0 Å². The molecule has 0 spiro atoms. The summed E-state index contributed by atoms with van der Waals surface area (Å²) >= 11 is 0. The minimum absolute atomic E-state index is 0.790. The molecule has 2 aromatic rings. The minimum Gasteiger partial charge on any atom is -0.468 e. The molecule has 19 heavy (non-hydrogen) atoms. The first-order valence-corrected chi connectivity index (χ1v) is 6.85. The third-order valence-corrected chi connectivity index (χ3v) is 3.28. The van der Waals surface area contributed by atoms with Crippen molar-refractivity contribution in [3.8, 4) is 0 Å². The molecule has 0 atom stereocenters. The van der Waals surface area contributed by atoms with Crippen LogP contribution in [0.15, 0.2) is 47.1 Å². The van der Waals surface area contributed by atoms with E-state index in [2.05, 4.69) is 48.3 Å². The molecule has 0 fully saturated rings. The van der Waals surface area contributed by atoms with Gasteiger partial charge in [0.25, 0.3) is 0 Å². The standard InChI is InChI=1S/C16H22N2O/c1-3-18(16-9-5-4-7-14(16)2)11-10-17-13-15-8-6-12-19-15/h4-9,12,17H,3,10-11,13H2,1-2H3. The Kier molecular flexibility index (Phi) is 5.04. The lowest BCUT2D eigenvalue weighted by Gasteiger charge is -2.25. The van der Waals surface area contributed by atoms with E-state index in [4.69, 9.17) is 4.42 Å². The van der Waals surface area contributed by atoms with Gasteiger partial charge in [-0.15, -0.1) is 0 Å². The van der Waals surface area contributed by atoms with Gasteiger partial charge in [-0.25, -0.2) is 0 Å². The van der Waals surface area contributed by atoms with Gasteiger partial charge in [-0.05, 0) is 37.6 Å². The zero-order valence-corrected chi connectivity index (χ0v) is 11.7. The number of aryl methyl sites for hydroxylation is 1. The van der Waals surface area contributed by atoms with Gasteiger partial charge >= 0.3 is 0 Å². The Morgan fingerprint density at radius 1 is 1.16 bits per heavy atom. The van der Waals surface area contributed by atoms with Crippen LogP contribution in [0, 0.1) is 6.92 Å². The Hall–Kier alpha value is -1.74. The van der Waals surface area contributed by atoms with E-state index >= 15 is 0 Å². The Balaban J connectivity index is 1.81. The van der Waals surface area contributed by atoms with E-state index < -0.39 is 0 Å². The molecule has 1 N–H and O–H groups in total. The zero-order chi connectivity index (χ0) is 13.5. The molecule has 0 saturated heterocycles. The van der Waals surface area contributed by atoms with Crippen LogP contribution < -0.4 is 10.2 Å². The molecule has 1 aromatic heterocycles. The highest BCUT2D eigenvalue weighted by Gasteiger charge is 2.06. The monoisotopic (exact) mass is 258 g/mol. The SMILES string of the molecule is CCN(CCNCc1ccco1)c1ccccc1C. The maximum absolute atomic E-state index is 5.29. The second-order valence-corrected chi connectivity index (χ2v) is 4.62. The van der Waals surface area contributed by atoms with Crippen LogP contribution >= 0.6 is 0 Å². The van der Waals surface area contributed by atoms with Crippen molar-refractivity contribution >= 4 is 5.69 Å². The summed E-state index contributed by atoms with van der Waals surface area (Å²) in [7, 11) is 0. The summed E-state index contributed by atoms with van der Waals surface area (Å²) in [5.41, 5.74) is 2.65. The van der Waals surface area contributed by atoms with Gasteiger partial charge in [0.2, 0.25) is 0 Å². The van der Waals surface area contributed by atoms with Crippen LogP contribution in [0.25, 0.3) is 0 Å². The Morgan fingerprint density at radius 3 is 2.68 bits per heavy atom. The third kappa shape index (κ3) is 3.86. The Morgan fingerprint density at radius 2 is 2.00 bits per heavy atom. The summed E-state index contributed by atoms with van der Waals surface area (Å²) in [6.07, 6.45) is 1.71. The van der Waals surface area contributed by atoms with E-state index in [0.29, 0.717) is 0 Å². The molecule has 3 nitrogen and oxygen atoms in total. The highest BCUT2D eigenvalue weighted by atomic mass is 16.3. The fraction of sp³-hybridized carbons (Fsp3) is 0.375. The van der Waals surface area contributed by atoms with Crippen molar-refractivity contribution in [3.63, 3.8) is 0 Å². The van der Waals surface area contributed by atoms with Crippen molar-refractivity contribution in [3.05, 3.63) is 54.0 Å². The number of hydrogen-bond donors (Lipinski definition) is 1. The number of para-hydroxylation sites is 1. The van der Waals surface area contributed by atoms with Crippen molar-refractivity contribution in [2.45, 2.75) is 20.4 Å². The van der Waals surface area contributed by atoms with Gasteiger partial charge in [0.1, 0.15) is 5.76 Å². The fourth-order valence-electron chi connectivity index (χ4n) is 2.21. The van der Waals surface area contributed by atoms with Gasteiger partial charge in [0.05, 0.1) is 12.8 Å². The normalized spacial score (nSPS) is 10.6. The van der Waals surface area contributed by atoms with Crippen LogP contribution in [0.4, 0.5) is 5.69 Å².